The number of nitrogens with zero attached hydrogens (tertiary/aromatic N) is 2. The fraction of sp³-hybridized carbons (Fsp3) is 0.565. The number of benzene rings is 1. The molecule has 0 spiro atoms. The van der Waals surface area contributed by atoms with Gasteiger partial charge in [0.15, 0.2) is 6.10 Å². The van der Waals surface area contributed by atoms with Crippen LogP contribution in [-0.4, -0.2) is 32.9 Å². The van der Waals surface area contributed by atoms with Gasteiger partial charge >= 0.3 is 0 Å². The fourth-order valence-electron chi connectivity index (χ4n) is 5.80. The molecule has 1 amide bonds. The van der Waals surface area contributed by atoms with Crippen molar-refractivity contribution in [3.63, 3.8) is 0 Å². The highest BCUT2D eigenvalue weighted by atomic mass is 35.5. The monoisotopic (exact) mass is 427 g/mol. The Morgan fingerprint density at radius 1 is 1.30 bits per heavy atom. The Labute approximate surface area is 180 Å². The smallest absolute Gasteiger partial charge is 0.261 e. The lowest BCUT2D eigenvalue weighted by Gasteiger charge is -2.38. The Balaban J connectivity index is 1.12. The van der Waals surface area contributed by atoms with E-state index >= 15 is 0 Å². The molecule has 6 nitrogen and oxygen atoms in total. The number of hydrogen-bond donors (Lipinski definition) is 2. The van der Waals surface area contributed by atoms with E-state index in [4.69, 9.17) is 21.4 Å². The summed E-state index contributed by atoms with van der Waals surface area (Å²) in [5, 5.41) is 18.9. The summed E-state index contributed by atoms with van der Waals surface area (Å²) >= 11 is 6.02. The van der Waals surface area contributed by atoms with Gasteiger partial charge in [-0.05, 0) is 67.7 Å². The lowest BCUT2D eigenvalue weighted by atomic mass is 9.76. The van der Waals surface area contributed by atoms with Crippen molar-refractivity contribution in [1.82, 2.24) is 15.1 Å². The molecule has 2 heterocycles. The van der Waals surface area contributed by atoms with Crippen LogP contribution in [0.1, 0.15) is 68.1 Å². The molecule has 30 heavy (non-hydrogen) atoms. The predicted molar refractivity (Wildman–Crippen MR) is 112 cm³/mol. The first kappa shape index (κ1) is 18.7. The molecular weight excluding hydrogens is 402 g/mol. The van der Waals surface area contributed by atoms with Crippen molar-refractivity contribution in [1.29, 1.82) is 0 Å². The molecular formula is C23H26ClN3O3. The summed E-state index contributed by atoms with van der Waals surface area (Å²) in [5.41, 5.74) is 2.07. The zero-order valence-corrected chi connectivity index (χ0v) is 17.5. The molecule has 1 aliphatic heterocycles. The second kappa shape index (κ2) is 6.72. The van der Waals surface area contributed by atoms with Crippen molar-refractivity contribution in [2.75, 3.05) is 0 Å². The van der Waals surface area contributed by atoms with Gasteiger partial charge in [-0.1, -0.05) is 18.0 Å². The van der Waals surface area contributed by atoms with Crippen molar-refractivity contribution >= 4 is 17.5 Å². The Kier molecular flexibility index (Phi) is 4.19. The minimum Gasteiger partial charge on any atom is -0.480 e. The van der Waals surface area contributed by atoms with Gasteiger partial charge in [0.25, 0.3) is 5.91 Å². The number of aliphatic hydroxyl groups excluding tert-OH is 1. The van der Waals surface area contributed by atoms with Gasteiger partial charge in [-0.25, -0.2) is 0 Å². The van der Waals surface area contributed by atoms with E-state index in [0.29, 0.717) is 28.2 Å². The first-order chi connectivity index (χ1) is 14.5. The highest BCUT2D eigenvalue weighted by Gasteiger charge is 2.58. The molecule has 2 N–H and O–H groups in total. The molecule has 0 radical (unpaired) electrons. The third-order valence-electron chi connectivity index (χ3n) is 7.78. The van der Waals surface area contributed by atoms with Crippen LogP contribution in [0.4, 0.5) is 0 Å². The van der Waals surface area contributed by atoms with E-state index in [1.165, 1.54) is 24.8 Å². The van der Waals surface area contributed by atoms with E-state index in [0.717, 1.165) is 19.3 Å². The molecule has 4 fully saturated rings. The van der Waals surface area contributed by atoms with Crippen molar-refractivity contribution in [2.45, 2.75) is 74.7 Å². The minimum atomic E-state index is -0.749. The minimum absolute atomic E-state index is 0.0564. The number of hydrogen-bond acceptors (Lipinski definition) is 4. The summed E-state index contributed by atoms with van der Waals surface area (Å²) in [6, 6.07) is 5.28. The Hall–Kier alpha value is -2.05. The van der Waals surface area contributed by atoms with Crippen LogP contribution in [0.15, 0.2) is 30.6 Å². The molecule has 4 saturated carbocycles. The SMILES string of the molecule is O=C(NC1CC2(n3cc(C4CCC4)cn3)CC1C2)[C@@H]1C[C@@H](O)c2cc(Cl)ccc2O1. The molecule has 158 valence electrons. The molecule has 7 heteroatoms. The molecule has 2 bridgehead atoms. The molecule has 1 aromatic heterocycles. The van der Waals surface area contributed by atoms with Crippen LogP contribution >= 0.6 is 11.6 Å². The number of aromatic nitrogens is 2. The Morgan fingerprint density at radius 2 is 2.13 bits per heavy atom. The van der Waals surface area contributed by atoms with Gasteiger partial charge < -0.3 is 15.2 Å². The standard InChI is InChI=1S/C23H26ClN3O3/c24-16-4-5-20-17(6-16)19(28)7-21(30-20)22(29)26-18-10-23(8-14(18)9-23)27-12-15(11-25-27)13-2-1-3-13/h4-6,11-14,18-19,21,28H,1-3,7-10H2,(H,26,29)/t14?,18?,19-,21+,23?/m1/s1. The number of nitrogens with one attached hydrogen (secondary N) is 1. The topological polar surface area (TPSA) is 76.4 Å². The van der Waals surface area contributed by atoms with Crippen LogP contribution in [0.2, 0.25) is 5.02 Å². The van der Waals surface area contributed by atoms with Crippen LogP contribution in [-0.2, 0) is 10.3 Å². The van der Waals surface area contributed by atoms with Crippen LogP contribution in [0.5, 0.6) is 5.75 Å². The lowest BCUT2D eigenvalue weighted by Crippen LogP contribution is -2.46. The normalized spacial score (nSPS) is 34.5. The number of fused-ring (bicyclic) bond motifs is 2. The van der Waals surface area contributed by atoms with Crippen LogP contribution in [0.3, 0.4) is 0 Å². The van der Waals surface area contributed by atoms with E-state index in [-0.39, 0.29) is 23.9 Å². The van der Waals surface area contributed by atoms with Crippen molar-refractivity contribution in [2.24, 2.45) is 5.92 Å². The quantitative estimate of drug-likeness (QED) is 0.780. The maximum absolute atomic E-state index is 12.9. The second-order valence-electron chi connectivity index (χ2n) is 9.60. The Bertz CT molecular complexity index is 995. The molecule has 3 atom stereocenters. The molecule has 5 aliphatic rings. The van der Waals surface area contributed by atoms with Gasteiger partial charge in [0.1, 0.15) is 5.75 Å². The summed E-state index contributed by atoms with van der Waals surface area (Å²) in [4.78, 5) is 12.9. The van der Waals surface area contributed by atoms with Gasteiger partial charge in [0.2, 0.25) is 0 Å². The van der Waals surface area contributed by atoms with Gasteiger partial charge in [-0.3, -0.25) is 9.48 Å². The molecule has 4 aliphatic carbocycles. The number of aliphatic hydroxyl groups is 1. The largest absolute Gasteiger partial charge is 0.480 e. The zero-order chi connectivity index (χ0) is 20.5. The van der Waals surface area contributed by atoms with E-state index in [9.17, 15) is 9.90 Å². The van der Waals surface area contributed by atoms with Gasteiger partial charge in [-0.2, -0.15) is 5.10 Å². The molecule has 2 aromatic rings. The van der Waals surface area contributed by atoms with Gasteiger partial charge in [-0.15, -0.1) is 0 Å². The first-order valence-corrected chi connectivity index (χ1v) is 11.4. The van der Waals surface area contributed by atoms with E-state index in [1.54, 1.807) is 18.2 Å². The van der Waals surface area contributed by atoms with Crippen LogP contribution < -0.4 is 10.1 Å². The highest BCUT2D eigenvalue weighted by molar-refractivity contribution is 6.30. The molecule has 7 rings (SSSR count). The number of carbonyl (C=O) groups excluding carboxylic acids is 1. The number of carbonyl (C=O) groups is 1. The second-order valence-corrected chi connectivity index (χ2v) is 10.0. The van der Waals surface area contributed by atoms with E-state index in [2.05, 4.69) is 16.2 Å². The molecule has 0 saturated heterocycles. The maximum Gasteiger partial charge on any atom is 0.261 e. The highest BCUT2D eigenvalue weighted by Crippen LogP contribution is 2.57. The van der Waals surface area contributed by atoms with Crippen LogP contribution in [0.25, 0.3) is 0 Å². The van der Waals surface area contributed by atoms with Crippen molar-refractivity contribution in [3.05, 3.63) is 46.7 Å². The summed E-state index contributed by atoms with van der Waals surface area (Å²) < 4.78 is 8.06. The predicted octanol–water partition coefficient (Wildman–Crippen LogP) is 3.68. The van der Waals surface area contributed by atoms with Gasteiger partial charge in [0, 0.05) is 29.2 Å². The fourth-order valence-corrected chi connectivity index (χ4v) is 5.98. The third-order valence-corrected chi connectivity index (χ3v) is 8.01. The number of ether oxygens (including phenoxy) is 1. The zero-order valence-electron chi connectivity index (χ0n) is 16.8. The van der Waals surface area contributed by atoms with Crippen LogP contribution in [0, 0.1) is 5.92 Å². The average Bonchev–Trinajstić information content (AvgIpc) is 3.34. The number of amides is 1. The summed E-state index contributed by atoms with van der Waals surface area (Å²) in [5.74, 6) is 1.57. The average molecular weight is 428 g/mol. The van der Waals surface area contributed by atoms with E-state index < -0.39 is 12.2 Å². The van der Waals surface area contributed by atoms with Gasteiger partial charge in [0.05, 0.1) is 17.8 Å². The maximum atomic E-state index is 12.9. The lowest BCUT2D eigenvalue weighted by molar-refractivity contribution is -0.131. The van der Waals surface area contributed by atoms with Crippen molar-refractivity contribution in [3.8, 4) is 5.75 Å². The summed E-state index contributed by atoms with van der Waals surface area (Å²) in [6.07, 6.45) is 10.0. The Morgan fingerprint density at radius 3 is 2.90 bits per heavy atom. The van der Waals surface area contributed by atoms with E-state index in [1.807, 2.05) is 6.20 Å². The van der Waals surface area contributed by atoms with Crippen molar-refractivity contribution < 1.29 is 14.6 Å². The molecule has 1 aromatic carbocycles. The summed E-state index contributed by atoms with van der Waals surface area (Å²) in [7, 11) is 0. The number of rotatable bonds is 4. The third kappa shape index (κ3) is 2.88. The molecule has 1 unspecified atom stereocenters. The summed E-state index contributed by atoms with van der Waals surface area (Å²) in [6.45, 7) is 0. The number of halogens is 1. The first-order valence-electron chi connectivity index (χ1n) is 11.0.